The van der Waals surface area contributed by atoms with Crippen molar-refractivity contribution in [3.63, 3.8) is 0 Å². The van der Waals surface area contributed by atoms with E-state index >= 15 is 0 Å². The number of fused-ring (bicyclic) bond motifs is 6. The van der Waals surface area contributed by atoms with Crippen molar-refractivity contribution in [2.24, 2.45) is 46.8 Å². The molecular weight excluding hydrogens is 442 g/mol. The molecular formula is C32H49N3O. The van der Waals surface area contributed by atoms with Gasteiger partial charge in [0.25, 0.3) is 0 Å². The number of hydrogen-bond acceptors (Lipinski definition) is 3. The number of ether oxygens (including phenoxy) is 1. The summed E-state index contributed by atoms with van der Waals surface area (Å²) in [5.41, 5.74) is 5.31. The summed E-state index contributed by atoms with van der Waals surface area (Å²) in [4.78, 5) is 0. The second-order valence-electron chi connectivity index (χ2n) is 14.7. The molecule has 5 aliphatic carbocycles. The summed E-state index contributed by atoms with van der Waals surface area (Å²) in [6, 6.07) is 0.556. The van der Waals surface area contributed by atoms with Crippen LogP contribution in [-0.2, 0) is 4.74 Å². The summed E-state index contributed by atoms with van der Waals surface area (Å²) in [6.45, 7) is 12.3. The number of aromatic nitrogens is 3. The molecule has 0 bridgehead atoms. The molecule has 0 aromatic carbocycles. The minimum Gasteiger partial charge on any atom is -0.371 e. The average molecular weight is 492 g/mol. The zero-order valence-electron chi connectivity index (χ0n) is 23.5. The van der Waals surface area contributed by atoms with Crippen molar-refractivity contribution in [2.75, 3.05) is 0 Å². The van der Waals surface area contributed by atoms with E-state index in [2.05, 4.69) is 55.8 Å². The molecule has 198 valence electrons. The van der Waals surface area contributed by atoms with Gasteiger partial charge >= 0.3 is 0 Å². The lowest BCUT2D eigenvalue weighted by Gasteiger charge is -2.54. The van der Waals surface area contributed by atoms with Gasteiger partial charge in [-0.15, -0.1) is 5.10 Å². The molecule has 0 radical (unpaired) electrons. The van der Waals surface area contributed by atoms with Gasteiger partial charge in [-0.25, -0.2) is 4.68 Å². The van der Waals surface area contributed by atoms with Crippen molar-refractivity contribution < 1.29 is 4.74 Å². The van der Waals surface area contributed by atoms with Gasteiger partial charge in [-0.2, -0.15) is 0 Å². The van der Waals surface area contributed by atoms with Crippen LogP contribution in [0.3, 0.4) is 0 Å². The van der Waals surface area contributed by atoms with E-state index in [9.17, 15) is 0 Å². The molecule has 4 nitrogen and oxygen atoms in total. The first-order chi connectivity index (χ1) is 17.3. The van der Waals surface area contributed by atoms with E-state index in [1.807, 2.05) is 5.57 Å². The van der Waals surface area contributed by atoms with Crippen LogP contribution >= 0.6 is 0 Å². The maximum atomic E-state index is 7.14. The Labute approximate surface area is 219 Å². The summed E-state index contributed by atoms with van der Waals surface area (Å²) in [7, 11) is 0. The van der Waals surface area contributed by atoms with Crippen molar-refractivity contribution >= 4 is 0 Å². The van der Waals surface area contributed by atoms with Crippen LogP contribution in [0.1, 0.15) is 116 Å². The molecule has 11 atom stereocenters. The van der Waals surface area contributed by atoms with Gasteiger partial charge in [0, 0.05) is 6.20 Å². The van der Waals surface area contributed by atoms with Gasteiger partial charge in [-0.3, -0.25) is 0 Å². The second-order valence-corrected chi connectivity index (χ2v) is 14.7. The third-order valence-electron chi connectivity index (χ3n) is 13.1. The lowest BCUT2D eigenvalue weighted by molar-refractivity contribution is -0.0768. The van der Waals surface area contributed by atoms with Crippen LogP contribution in [-0.4, -0.2) is 26.7 Å². The fourth-order valence-electron chi connectivity index (χ4n) is 11.0. The Morgan fingerprint density at radius 3 is 2.61 bits per heavy atom. The molecule has 5 fully saturated rings. The van der Waals surface area contributed by atoms with E-state index < -0.39 is 0 Å². The Bertz CT molecular complexity index is 1040. The highest BCUT2D eigenvalue weighted by atomic mass is 16.5. The van der Waals surface area contributed by atoms with Gasteiger partial charge in [-0.1, -0.05) is 43.6 Å². The third-order valence-corrected chi connectivity index (χ3v) is 13.1. The lowest BCUT2D eigenvalue weighted by atomic mass is 9.52. The first-order valence-electron chi connectivity index (χ1n) is 15.5. The largest absolute Gasteiger partial charge is 0.371 e. The van der Waals surface area contributed by atoms with Gasteiger partial charge in [0.05, 0.1) is 23.4 Å². The van der Waals surface area contributed by atoms with Crippen molar-refractivity contribution in [2.45, 2.75) is 129 Å². The van der Waals surface area contributed by atoms with Crippen molar-refractivity contribution in [1.29, 1.82) is 0 Å². The predicted molar refractivity (Wildman–Crippen MR) is 143 cm³/mol. The standard InChI is InChI=1S/C32H49N3O/c1-19-6-8-25-22(4)32(36-30(25)14-19)13-11-26-27-9-7-23-15-24(35-18-21(3)33-34-35)10-12-31(23,5)29(27)16-28(26)20(2)17-32/h18-19,22-27,29-30H,6-17H2,1-5H3/t19-,22-,23-,24+,25+,26+,27+,29+,30-,31+,32+/m1/s1. The molecule has 4 heteroatoms. The Balaban J connectivity index is 1.12. The summed E-state index contributed by atoms with van der Waals surface area (Å²) in [6.07, 6.45) is 18.9. The van der Waals surface area contributed by atoms with Gasteiger partial charge < -0.3 is 4.74 Å². The van der Waals surface area contributed by atoms with Crippen LogP contribution in [0, 0.1) is 53.8 Å². The normalized spacial score (nSPS) is 50.4. The highest BCUT2D eigenvalue weighted by molar-refractivity contribution is 5.29. The molecule has 6 aliphatic rings. The molecule has 1 aliphatic heterocycles. The first-order valence-corrected chi connectivity index (χ1v) is 15.5. The van der Waals surface area contributed by atoms with Crippen LogP contribution in [0.15, 0.2) is 17.3 Å². The van der Waals surface area contributed by atoms with E-state index in [1.165, 1.54) is 77.0 Å². The van der Waals surface area contributed by atoms with Crippen molar-refractivity contribution in [3.05, 3.63) is 23.0 Å². The zero-order valence-corrected chi connectivity index (χ0v) is 23.5. The Morgan fingerprint density at radius 1 is 0.972 bits per heavy atom. The number of hydrogen-bond donors (Lipinski definition) is 0. The number of aryl methyl sites for hydroxylation is 1. The first kappa shape index (κ1) is 23.9. The Hall–Kier alpha value is -1.16. The number of nitrogens with zero attached hydrogens (tertiary/aromatic N) is 3. The molecule has 1 saturated heterocycles. The lowest BCUT2D eigenvalue weighted by Crippen LogP contribution is -2.46. The monoisotopic (exact) mass is 491 g/mol. The molecule has 4 saturated carbocycles. The van der Waals surface area contributed by atoms with Gasteiger partial charge in [-0.05, 0) is 131 Å². The molecule has 7 rings (SSSR count). The summed E-state index contributed by atoms with van der Waals surface area (Å²) >= 11 is 0. The van der Waals surface area contributed by atoms with Crippen molar-refractivity contribution in [3.8, 4) is 0 Å². The molecule has 0 unspecified atom stereocenters. The van der Waals surface area contributed by atoms with Gasteiger partial charge in [0.2, 0.25) is 0 Å². The average Bonchev–Trinajstić information content (AvgIpc) is 3.49. The van der Waals surface area contributed by atoms with E-state index in [0.717, 1.165) is 47.1 Å². The molecule has 0 N–H and O–H groups in total. The SMILES string of the molecule is CC1=C2C[C@H]3[C@@H](CC[C@@H]4C[C@@H](n5cc(C)nn5)CC[C@@]43C)[C@@H]2CC[C@@]2(C1)O[C@@H]1C[C@H](C)CC[C@H]1[C@H]2C. The summed E-state index contributed by atoms with van der Waals surface area (Å²) in [5.74, 6) is 5.87. The smallest absolute Gasteiger partial charge is 0.0796 e. The summed E-state index contributed by atoms with van der Waals surface area (Å²) in [5, 5.41) is 8.76. The van der Waals surface area contributed by atoms with Gasteiger partial charge in [0.15, 0.2) is 0 Å². The molecule has 2 heterocycles. The van der Waals surface area contributed by atoms with Crippen LogP contribution in [0.2, 0.25) is 0 Å². The second kappa shape index (κ2) is 8.42. The van der Waals surface area contributed by atoms with Crippen LogP contribution in [0.5, 0.6) is 0 Å². The highest BCUT2D eigenvalue weighted by Crippen LogP contribution is 2.66. The van der Waals surface area contributed by atoms with Gasteiger partial charge in [0.1, 0.15) is 0 Å². The molecule has 36 heavy (non-hydrogen) atoms. The molecule has 1 aromatic rings. The van der Waals surface area contributed by atoms with Crippen LogP contribution in [0.25, 0.3) is 0 Å². The van der Waals surface area contributed by atoms with E-state index in [0.29, 0.717) is 17.6 Å². The highest BCUT2D eigenvalue weighted by Gasteiger charge is 2.59. The third kappa shape index (κ3) is 3.48. The van der Waals surface area contributed by atoms with Crippen LogP contribution in [0.4, 0.5) is 0 Å². The Kier molecular flexibility index (Phi) is 5.59. The molecule has 0 amide bonds. The Morgan fingerprint density at radius 2 is 1.81 bits per heavy atom. The molecule has 1 spiro atoms. The van der Waals surface area contributed by atoms with E-state index in [-0.39, 0.29) is 5.60 Å². The fourth-order valence-corrected chi connectivity index (χ4v) is 11.0. The zero-order chi connectivity index (χ0) is 24.8. The maximum Gasteiger partial charge on any atom is 0.0796 e. The molecule has 1 aromatic heterocycles. The fraction of sp³-hybridized carbons (Fsp3) is 0.875. The van der Waals surface area contributed by atoms with E-state index in [1.54, 1.807) is 5.57 Å². The van der Waals surface area contributed by atoms with E-state index in [4.69, 9.17) is 4.74 Å². The minimum atomic E-state index is 0.130. The number of rotatable bonds is 1. The van der Waals surface area contributed by atoms with Crippen molar-refractivity contribution in [1.82, 2.24) is 15.0 Å². The maximum absolute atomic E-state index is 7.14. The minimum absolute atomic E-state index is 0.130. The van der Waals surface area contributed by atoms with Crippen LogP contribution < -0.4 is 0 Å². The summed E-state index contributed by atoms with van der Waals surface area (Å²) < 4.78 is 9.33. The topological polar surface area (TPSA) is 39.9 Å². The number of allylic oxidation sites excluding steroid dienone is 1. The predicted octanol–water partition coefficient (Wildman–Crippen LogP) is 7.69. The quantitative estimate of drug-likeness (QED) is 0.378.